The maximum atomic E-state index is 10.9. The number of anilines is 1. The van der Waals surface area contributed by atoms with Crippen molar-refractivity contribution in [2.45, 2.75) is 12.8 Å². The third kappa shape index (κ3) is 4.09. The predicted molar refractivity (Wildman–Crippen MR) is 71.8 cm³/mol. The molecule has 0 aliphatic heterocycles. The van der Waals surface area contributed by atoms with Crippen LogP contribution in [0.2, 0.25) is 0 Å². The lowest BCUT2D eigenvalue weighted by atomic mass is 10.2. The van der Waals surface area contributed by atoms with Gasteiger partial charge in [-0.15, -0.1) is 0 Å². The van der Waals surface area contributed by atoms with E-state index in [9.17, 15) is 35.1 Å². The molecule has 0 unspecified atom stereocenters. The fourth-order valence-corrected chi connectivity index (χ4v) is 1.62. The average molecular weight is 314 g/mol. The highest BCUT2D eigenvalue weighted by Crippen LogP contribution is 2.38. The number of hydrogen-bond donors (Lipinski definition) is 2. The number of nitro groups is 3. The maximum Gasteiger partial charge on any atom is 0.306 e. The van der Waals surface area contributed by atoms with E-state index < -0.39 is 43.5 Å². The van der Waals surface area contributed by atoms with Gasteiger partial charge in [0.2, 0.25) is 0 Å². The molecule has 0 aliphatic carbocycles. The van der Waals surface area contributed by atoms with E-state index in [0.29, 0.717) is 12.1 Å². The summed E-state index contributed by atoms with van der Waals surface area (Å²) in [6, 6.07) is 1.21. The highest BCUT2D eigenvalue weighted by atomic mass is 16.6. The molecule has 0 aliphatic rings. The second-order valence-corrected chi connectivity index (χ2v) is 4.05. The van der Waals surface area contributed by atoms with E-state index >= 15 is 0 Å². The number of aliphatic carboxylic acids is 1. The summed E-state index contributed by atoms with van der Waals surface area (Å²) < 4.78 is 0. The highest BCUT2D eigenvalue weighted by Gasteiger charge is 2.30. The van der Waals surface area contributed by atoms with Crippen LogP contribution >= 0.6 is 0 Å². The van der Waals surface area contributed by atoms with Crippen LogP contribution in [0.25, 0.3) is 0 Å². The molecule has 0 heterocycles. The summed E-state index contributed by atoms with van der Waals surface area (Å²) in [5.41, 5.74) is -2.92. The Balaban J connectivity index is 3.21. The molecule has 22 heavy (non-hydrogen) atoms. The van der Waals surface area contributed by atoms with Crippen LogP contribution < -0.4 is 5.32 Å². The van der Waals surface area contributed by atoms with Gasteiger partial charge in [-0.3, -0.25) is 35.1 Å². The van der Waals surface area contributed by atoms with Crippen LogP contribution in [0.5, 0.6) is 0 Å². The third-order valence-electron chi connectivity index (χ3n) is 2.55. The van der Waals surface area contributed by atoms with Crippen LogP contribution in [0.3, 0.4) is 0 Å². The van der Waals surface area contributed by atoms with E-state index in [1.807, 2.05) is 0 Å². The number of rotatable bonds is 8. The SMILES string of the molecule is O=C(O)CCCNc1c([N+](=O)[O-])cc([N+](=O)[O-])cc1[N+](=O)[O-]. The smallest absolute Gasteiger partial charge is 0.306 e. The number of hydrogen-bond acceptors (Lipinski definition) is 8. The van der Waals surface area contributed by atoms with Crippen molar-refractivity contribution >= 4 is 28.7 Å². The summed E-state index contributed by atoms with van der Waals surface area (Å²) in [6.45, 7) is -0.0776. The molecule has 0 aromatic heterocycles. The van der Waals surface area contributed by atoms with Gasteiger partial charge in [0.15, 0.2) is 5.69 Å². The molecular weight excluding hydrogens is 304 g/mol. The Kier molecular flexibility index (Phi) is 5.26. The zero-order valence-corrected chi connectivity index (χ0v) is 10.9. The van der Waals surface area contributed by atoms with Gasteiger partial charge in [-0.2, -0.15) is 0 Å². The summed E-state index contributed by atoms with van der Waals surface area (Å²) in [4.78, 5) is 40.0. The van der Waals surface area contributed by atoms with Crippen LogP contribution in [-0.2, 0) is 4.79 Å². The van der Waals surface area contributed by atoms with Gasteiger partial charge in [0, 0.05) is 13.0 Å². The summed E-state index contributed by atoms with van der Waals surface area (Å²) in [7, 11) is 0. The van der Waals surface area contributed by atoms with Crippen molar-refractivity contribution in [2.24, 2.45) is 0 Å². The minimum atomic E-state index is -1.09. The van der Waals surface area contributed by atoms with E-state index in [1.165, 1.54) is 0 Å². The molecule has 0 fully saturated rings. The molecule has 1 aromatic rings. The Morgan fingerprint density at radius 1 is 1.05 bits per heavy atom. The standard InChI is InChI=1S/C10H10N4O8/c15-9(16)2-1-3-11-10-7(13(19)20)4-6(12(17)18)5-8(10)14(21)22/h4-5,11H,1-3H2,(H,15,16). The topological polar surface area (TPSA) is 179 Å². The molecule has 12 nitrogen and oxygen atoms in total. The highest BCUT2D eigenvalue weighted by molar-refractivity contribution is 5.77. The second kappa shape index (κ2) is 6.92. The van der Waals surface area contributed by atoms with E-state index in [0.717, 1.165) is 0 Å². The molecule has 1 aromatic carbocycles. The van der Waals surface area contributed by atoms with Crippen LogP contribution in [0.15, 0.2) is 12.1 Å². The lowest BCUT2D eigenvalue weighted by Gasteiger charge is -2.07. The Morgan fingerprint density at radius 2 is 1.55 bits per heavy atom. The predicted octanol–water partition coefficient (Wildman–Crippen LogP) is 1.69. The first-order valence-electron chi connectivity index (χ1n) is 5.81. The Labute approximate surface area is 121 Å². The van der Waals surface area contributed by atoms with Crippen LogP contribution in [0.1, 0.15) is 12.8 Å². The molecular formula is C10H10N4O8. The van der Waals surface area contributed by atoms with Gasteiger partial charge in [0.25, 0.3) is 5.69 Å². The largest absolute Gasteiger partial charge is 0.481 e. The molecule has 0 amide bonds. The van der Waals surface area contributed by atoms with Gasteiger partial charge in [0.05, 0.1) is 26.9 Å². The number of benzene rings is 1. The van der Waals surface area contributed by atoms with Crippen molar-refractivity contribution in [3.63, 3.8) is 0 Å². The van der Waals surface area contributed by atoms with Crippen molar-refractivity contribution < 1.29 is 24.7 Å². The van der Waals surface area contributed by atoms with Gasteiger partial charge < -0.3 is 10.4 Å². The first kappa shape index (κ1) is 16.7. The molecule has 1 rings (SSSR count). The monoisotopic (exact) mass is 314 g/mol. The molecule has 0 atom stereocenters. The minimum Gasteiger partial charge on any atom is -0.481 e. The van der Waals surface area contributed by atoms with Crippen molar-refractivity contribution in [1.82, 2.24) is 0 Å². The number of carboxylic acids is 1. The minimum absolute atomic E-state index is 0.0701. The summed E-state index contributed by atoms with van der Waals surface area (Å²) in [6.07, 6.45) is -0.164. The Hall–Kier alpha value is -3.31. The molecule has 118 valence electrons. The number of non-ortho nitro benzene ring substituents is 1. The Bertz CT molecular complexity index is 609. The lowest BCUT2D eigenvalue weighted by Crippen LogP contribution is -2.09. The van der Waals surface area contributed by atoms with E-state index in [-0.39, 0.29) is 19.4 Å². The molecule has 0 spiro atoms. The van der Waals surface area contributed by atoms with Crippen molar-refractivity contribution in [2.75, 3.05) is 11.9 Å². The fourth-order valence-electron chi connectivity index (χ4n) is 1.62. The van der Waals surface area contributed by atoms with Gasteiger partial charge in [0.1, 0.15) is 0 Å². The lowest BCUT2D eigenvalue weighted by molar-refractivity contribution is -0.401. The van der Waals surface area contributed by atoms with Crippen molar-refractivity contribution in [1.29, 1.82) is 0 Å². The van der Waals surface area contributed by atoms with Gasteiger partial charge >= 0.3 is 17.3 Å². The normalized spacial score (nSPS) is 10.0. The van der Waals surface area contributed by atoms with Crippen molar-refractivity contribution in [3.8, 4) is 0 Å². The van der Waals surface area contributed by atoms with Crippen LogP contribution in [-0.4, -0.2) is 32.4 Å². The summed E-state index contributed by atoms with van der Waals surface area (Å²) in [5.74, 6) is -1.09. The summed E-state index contributed by atoms with van der Waals surface area (Å²) in [5, 5.41) is 43.4. The van der Waals surface area contributed by atoms with E-state index in [4.69, 9.17) is 5.11 Å². The molecule has 2 N–H and O–H groups in total. The van der Waals surface area contributed by atoms with E-state index in [1.54, 1.807) is 0 Å². The second-order valence-electron chi connectivity index (χ2n) is 4.05. The third-order valence-corrected chi connectivity index (χ3v) is 2.55. The zero-order chi connectivity index (χ0) is 16.9. The first-order chi connectivity index (χ1) is 10.2. The molecule has 12 heteroatoms. The number of carbonyl (C=O) groups is 1. The number of nitrogens with one attached hydrogen (secondary N) is 1. The van der Waals surface area contributed by atoms with Gasteiger partial charge in [-0.1, -0.05) is 0 Å². The quantitative estimate of drug-likeness (QED) is 0.410. The Morgan fingerprint density at radius 3 is 1.91 bits per heavy atom. The van der Waals surface area contributed by atoms with E-state index in [2.05, 4.69) is 5.32 Å². The molecule has 0 bridgehead atoms. The molecule has 0 saturated heterocycles. The van der Waals surface area contributed by atoms with Crippen molar-refractivity contribution in [3.05, 3.63) is 42.5 Å². The average Bonchev–Trinajstić information content (AvgIpc) is 2.42. The molecule has 0 saturated carbocycles. The molecule has 0 radical (unpaired) electrons. The van der Waals surface area contributed by atoms with Gasteiger partial charge in [-0.05, 0) is 6.42 Å². The summed E-state index contributed by atoms with van der Waals surface area (Å²) >= 11 is 0. The fraction of sp³-hybridized carbons (Fsp3) is 0.300. The van der Waals surface area contributed by atoms with Gasteiger partial charge in [-0.25, -0.2) is 0 Å². The van der Waals surface area contributed by atoms with Crippen LogP contribution in [0, 0.1) is 30.3 Å². The number of carboxylic acid groups (broad SMARTS) is 1. The first-order valence-corrected chi connectivity index (χ1v) is 5.81. The number of nitrogens with zero attached hydrogens (tertiary/aromatic N) is 3. The van der Waals surface area contributed by atoms with Crippen LogP contribution in [0.4, 0.5) is 22.7 Å². The zero-order valence-electron chi connectivity index (χ0n) is 10.9. The number of nitro benzene ring substituents is 3. The maximum absolute atomic E-state index is 10.9.